The van der Waals surface area contributed by atoms with Crippen molar-refractivity contribution in [3.63, 3.8) is 0 Å². The number of imidazole rings is 2. The van der Waals surface area contributed by atoms with Crippen molar-refractivity contribution < 1.29 is 37.6 Å². The van der Waals surface area contributed by atoms with E-state index in [2.05, 4.69) is 156 Å². The molecule has 2 aromatic heterocycles. The fourth-order valence-corrected chi connectivity index (χ4v) is 10.3. The van der Waals surface area contributed by atoms with Crippen LogP contribution >= 0.6 is 0 Å². The topological polar surface area (TPSA) is 79.5 Å². The van der Waals surface area contributed by atoms with Gasteiger partial charge in [-0.3, -0.25) is 0 Å². The van der Waals surface area contributed by atoms with Gasteiger partial charge in [0, 0.05) is 34.1 Å². The number of methoxy groups -OCH3 is 4. The van der Waals surface area contributed by atoms with Gasteiger partial charge in [-0.15, -0.1) is 0 Å². The van der Waals surface area contributed by atoms with Gasteiger partial charge in [0.1, 0.15) is 59.3 Å². The van der Waals surface area contributed by atoms with Crippen LogP contribution in [0, 0.1) is 0 Å². The fourth-order valence-electron chi connectivity index (χ4n) is 10.3. The van der Waals surface area contributed by atoms with E-state index in [0.717, 1.165) is 102 Å². The predicted octanol–water partition coefficient (Wildman–Crippen LogP) is 13.5. The summed E-state index contributed by atoms with van der Waals surface area (Å²) < 4.78 is 43.1. The molecule has 12 nitrogen and oxygen atoms in total. The zero-order valence-electron chi connectivity index (χ0n) is 43.4. The average Bonchev–Trinajstić information content (AvgIpc) is 4.45. The van der Waals surface area contributed by atoms with Crippen LogP contribution in [0.3, 0.4) is 0 Å². The summed E-state index contributed by atoms with van der Waals surface area (Å²) in [6.07, 6.45) is 15.1. The molecule has 382 valence electrons. The van der Waals surface area contributed by atoms with Gasteiger partial charge in [0.05, 0.1) is 46.3 Å². The number of hydrogen-bond acceptors (Lipinski definition) is 8. The van der Waals surface area contributed by atoms with Gasteiger partial charge >= 0.3 is 0 Å². The van der Waals surface area contributed by atoms with Gasteiger partial charge in [0.15, 0.2) is 0 Å². The van der Waals surface area contributed by atoms with Crippen LogP contribution in [0.5, 0.6) is 34.5 Å². The van der Waals surface area contributed by atoms with Crippen LogP contribution < -0.4 is 47.4 Å². The third-order valence-electron chi connectivity index (χ3n) is 14.1. The summed E-state index contributed by atoms with van der Waals surface area (Å²) in [7, 11) is 6.74. The molecule has 1 aliphatic carbocycles. The van der Waals surface area contributed by atoms with Crippen molar-refractivity contribution in [1.82, 2.24) is 9.13 Å². The van der Waals surface area contributed by atoms with Crippen LogP contribution in [0.2, 0.25) is 0 Å². The van der Waals surface area contributed by atoms with Crippen molar-refractivity contribution in [2.24, 2.45) is 0 Å². The zero-order chi connectivity index (χ0) is 52.9. The van der Waals surface area contributed by atoms with E-state index in [-0.39, 0.29) is 0 Å². The first-order valence-electron chi connectivity index (χ1n) is 25.1. The van der Waals surface area contributed by atoms with Gasteiger partial charge in [0.25, 0.3) is 12.7 Å². The average molecular weight is 1020 g/mol. The molecule has 0 saturated carbocycles. The number of rotatable bonds is 20. The Kier molecular flexibility index (Phi) is 13.8. The second-order valence-corrected chi connectivity index (χ2v) is 18.4. The molecule has 0 amide bonds. The van der Waals surface area contributed by atoms with Crippen LogP contribution in [0.25, 0.3) is 23.5 Å². The fraction of sp³-hybridized carbons (Fsp3) is 0.108. The lowest BCUT2D eigenvalue weighted by molar-refractivity contribution is -0.567. The summed E-state index contributed by atoms with van der Waals surface area (Å²) in [4.78, 5) is 4.55. The second-order valence-electron chi connectivity index (χ2n) is 18.4. The Bertz CT molecular complexity index is 3330. The van der Waals surface area contributed by atoms with E-state index in [4.69, 9.17) is 28.4 Å². The molecule has 0 bridgehead atoms. The predicted molar refractivity (Wildman–Crippen MR) is 303 cm³/mol. The SMILES string of the molecule is C=C[n+]1ccn(COc2ccc(C3(c4ccc(OCn5cc[n+](C=C)c5)cc4)c4cc(N(c5ccc(OC)cc5)c5ccc(OC)cc5)ccc4-c4ccc(N(c5ccc(OC)cc5)c5ccc(OC)cc5)cc43)cc2)c1. The second kappa shape index (κ2) is 21.5. The van der Waals surface area contributed by atoms with Crippen molar-refractivity contribution in [1.29, 1.82) is 0 Å². The lowest BCUT2D eigenvalue weighted by Gasteiger charge is -2.36. The molecule has 77 heavy (non-hydrogen) atoms. The number of benzene rings is 8. The third-order valence-corrected chi connectivity index (χ3v) is 14.1. The number of hydrogen-bond donors (Lipinski definition) is 0. The van der Waals surface area contributed by atoms with E-state index in [0.29, 0.717) is 13.5 Å². The molecule has 0 atom stereocenters. The Balaban J connectivity index is 1.13. The van der Waals surface area contributed by atoms with Crippen molar-refractivity contribution in [3.8, 4) is 45.6 Å². The quantitative estimate of drug-likeness (QED) is 0.0699. The Hall–Kier alpha value is -9.94. The minimum Gasteiger partial charge on any atom is -0.497 e. The lowest BCUT2D eigenvalue weighted by Crippen LogP contribution is -2.29. The standard InChI is InChI=1S/C65H58N6O6/c1-7-66-37-39-68(43-66)45-76-59-23-9-47(10-24-59)65(48-11-25-60(26-12-48)77-46-69-40-38-67(8-2)44-69)63-41-53(70(49-13-27-55(72-3)28-14-49)50-15-29-56(73-4)30-16-50)21-35-61(63)62-36-22-54(42-64(62)65)71(51-17-31-57(74-5)32-18-51)52-19-33-58(75-6)34-20-52/h7-44H,1-2,45-46H2,3-6H3/q+2. The molecular formula is C65H58N6O6+2. The van der Waals surface area contributed by atoms with Crippen molar-refractivity contribution in [2.45, 2.75) is 18.9 Å². The maximum atomic E-state index is 6.44. The summed E-state index contributed by atoms with van der Waals surface area (Å²) >= 11 is 0. The van der Waals surface area contributed by atoms with E-state index < -0.39 is 5.41 Å². The normalized spacial score (nSPS) is 11.9. The Labute approximate surface area is 448 Å². The number of nitrogens with zero attached hydrogens (tertiary/aromatic N) is 6. The maximum Gasteiger partial charge on any atom is 0.251 e. The minimum atomic E-state index is -0.906. The first kappa shape index (κ1) is 49.3. The van der Waals surface area contributed by atoms with E-state index in [1.165, 1.54) is 0 Å². The molecule has 1 aliphatic rings. The van der Waals surface area contributed by atoms with Crippen LogP contribution in [0.15, 0.2) is 233 Å². The highest BCUT2D eigenvalue weighted by molar-refractivity contribution is 5.92. The number of anilines is 6. The Morgan fingerprint density at radius 2 is 0.701 bits per heavy atom. The number of aromatic nitrogens is 4. The maximum absolute atomic E-state index is 6.44. The highest BCUT2D eigenvalue weighted by Gasteiger charge is 2.47. The molecule has 0 N–H and O–H groups in total. The third kappa shape index (κ3) is 9.60. The molecule has 0 fully saturated rings. The van der Waals surface area contributed by atoms with Crippen molar-refractivity contribution >= 4 is 46.5 Å². The molecule has 0 aliphatic heterocycles. The van der Waals surface area contributed by atoms with Crippen LogP contribution in [-0.2, 0) is 18.9 Å². The van der Waals surface area contributed by atoms with E-state index in [1.807, 2.05) is 104 Å². The van der Waals surface area contributed by atoms with Gasteiger partial charge in [-0.1, -0.05) is 49.6 Å². The first-order valence-corrected chi connectivity index (χ1v) is 25.1. The molecule has 0 radical (unpaired) electrons. The van der Waals surface area contributed by atoms with E-state index >= 15 is 0 Å². The van der Waals surface area contributed by atoms with Crippen LogP contribution in [0.4, 0.5) is 34.1 Å². The number of fused-ring (bicyclic) bond motifs is 3. The molecular weight excluding hydrogens is 961 g/mol. The Morgan fingerprint density at radius 3 is 0.987 bits per heavy atom. The minimum absolute atomic E-state index is 0.320. The Morgan fingerprint density at radius 1 is 0.403 bits per heavy atom. The van der Waals surface area contributed by atoms with Crippen LogP contribution in [-0.4, -0.2) is 37.6 Å². The lowest BCUT2D eigenvalue weighted by atomic mass is 9.67. The molecule has 11 rings (SSSR count). The van der Waals surface area contributed by atoms with Gasteiger partial charge in [-0.25, -0.2) is 18.3 Å². The monoisotopic (exact) mass is 1020 g/mol. The highest BCUT2D eigenvalue weighted by Crippen LogP contribution is 2.59. The molecule has 0 saturated heterocycles. The zero-order valence-corrected chi connectivity index (χ0v) is 43.4. The van der Waals surface area contributed by atoms with Gasteiger partial charge in [-0.05, 0) is 179 Å². The summed E-state index contributed by atoms with van der Waals surface area (Å²) in [6, 6.07) is 63.4. The van der Waals surface area contributed by atoms with E-state index in [9.17, 15) is 0 Å². The number of ether oxygens (including phenoxy) is 6. The summed E-state index contributed by atoms with van der Waals surface area (Å²) in [5.41, 5.74) is 11.3. The molecule has 12 heteroatoms. The van der Waals surface area contributed by atoms with Gasteiger partial charge < -0.3 is 38.2 Å². The molecule has 2 heterocycles. The summed E-state index contributed by atoms with van der Waals surface area (Å²) in [6.45, 7) is 8.43. The van der Waals surface area contributed by atoms with Crippen molar-refractivity contribution in [2.75, 3.05) is 38.2 Å². The smallest absolute Gasteiger partial charge is 0.251 e. The van der Waals surface area contributed by atoms with Crippen LogP contribution in [0.1, 0.15) is 22.3 Å². The largest absolute Gasteiger partial charge is 0.497 e. The molecule has 0 unspecified atom stereocenters. The van der Waals surface area contributed by atoms with Gasteiger partial charge in [-0.2, -0.15) is 0 Å². The van der Waals surface area contributed by atoms with E-state index in [1.54, 1.807) is 40.8 Å². The molecule has 10 aromatic rings. The first-order chi connectivity index (χ1) is 37.8. The van der Waals surface area contributed by atoms with Gasteiger partial charge in [0.2, 0.25) is 13.5 Å². The molecule has 8 aromatic carbocycles. The summed E-state index contributed by atoms with van der Waals surface area (Å²) in [5, 5.41) is 0. The molecule has 0 spiro atoms. The highest BCUT2D eigenvalue weighted by atomic mass is 16.5. The summed E-state index contributed by atoms with van der Waals surface area (Å²) in [5.74, 6) is 4.52. The van der Waals surface area contributed by atoms with Crippen molar-refractivity contribution in [3.05, 3.63) is 255 Å².